The minimum absolute atomic E-state index is 0.167. The highest BCUT2D eigenvalue weighted by Crippen LogP contribution is 2.19. The fourth-order valence-electron chi connectivity index (χ4n) is 2.09. The Balaban J connectivity index is 2.59. The molecule has 0 saturated carbocycles. The van der Waals surface area contributed by atoms with E-state index in [4.69, 9.17) is 15.2 Å². The maximum atomic E-state index is 12.4. The van der Waals surface area contributed by atoms with E-state index in [0.717, 1.165) is 12.2 Å². The Morgan fingerprint density at radius 3 is 2.90 bits per heavy atom. The standard InChI is InChI=1S/C13H24N2O4S/c1-3-19-13(17)11-9-20-8-6-15(11)12(16)10(14)5-4-7-18-2/h10-11H,3-9,14H2,1-2H3. The Morgan fingerprint density at radius 1 is 1.50 bits per heavy atom. The third-order valence-electron chi connectivity index (χ3n) is 3.15. The zero-order chi connectivity index (χ0) is 15.0. The molecule has 0 spiro atoms. The summed E-state index contributed by atoms with van der Waals surface area (Å²) in [5.74, 6) is 0.901. The lowest BCUT2D eigenvalue weighted by molar-refractivity contribution is -0.154. The highest BCUT2D eigenvalue weighted by Gasteiger charge is 2.35. The van der Waals surface area contributed by atoms with E-state index in [0.29, 0.717) is 31.9 Å². The number of ether oxygens (including phenoxy) is 2. The van der Waals surface area contributed by atoms with E-state index < -0.39 is 12.1 Å². The second-order valence-corrected chi connectivity index (χ2v) is 5.77. The first-order valence-electron chi connectivity index (χ1n) is 6.91. The Morgan fingerprint density at radius 2 is 2.25 bits per heavy atom. The summed E-state index contributed by atoms with van der Waals surface area (Å²) >= 11 is 1.66. The van der Waals surface area contributed by atoms with Gasteiger partial charge in [-0.3, -0.25) is 4.79 Å². The summed E-state index contributed by atoms with van der Waals surface area (Å²) in [6.07, 6.45) is 1.29. The number of hydrogen-bond acceptors (Lipinski definition) is 6. The van der Waals surface area contributed by atoms with Crippen molar-refractivity contribution in [1.29, 1.82) is 0 Å². The minimum atomic E-state index is -0.579. The van der Waals surface area contributed by atoms with Crippen LogP contribution in [0.4, 0.5) is 0 Å². The summed E-state index contributed by atoms with van der Waals surface area (Å²) in [6.45, 7) is 3.21. The first kappa shape index (κ1) is 17.3. The first-order valence-corrected chi connectivity index (χ1v) is 8.06. The molecule has 6 nitrogen and oxygen atoms in total. The smallest absolute Gasteiger partial charge is 0.329 e. The van der Waals surface area contributed by atoms with Crippen LogP contribution in [0.15, 0.2) is 0 Å². The number of hydrogen-bond donors (Lipinski definition) is 1. The van der Waals surface area contributed by atoms with Crippen molar-refractivity contribution in [2.24, 2.45) is 5.73 Å². The van der Waals surface area contributed by atoms with E-state index in [-0.39, 0.29) is 11.9 Å². The molecule has 0 aliphatic carbocycles. The number of carbonyl (C=O) groups is 2. The average Bonchev–Trinajstić information content (AvgIpc) is 2.47. The van der Waals surface area contributed by atoms with Gasteiger partial charge in [-0.25, -0.2) is 4.79 Å². The monoisotopic (exact) mass is 304 g/mol. The highest BCUT2D eigenvalue weighted by atomic mass is 32.2. The van der Waals surface area contributed by atoms with Gasteiger partial charge in [-0.2, -0.15) is 11.8 Å². The molecule has 1 heterocycles. The predicted octanol–water partition coefficient (Wildman–Crippen LogP) is 0.247. The van der Waals surface area contributed by atoms with Gasteiger partial charge in [0, 0.05) is 31.8 Å². The first-order chi connectivity index (χ1) is 9.61. The number of amides is 1. The van der Waals surface area contributed by atoms with Crippen LogP contribution in [0, 0.1) is 0 Å². The average molecular weight is 304 g/mol. The number of thioether (sulfide) groups is 1. The second-order valence-electron chi connectivity index (χ2n) is 4.62. The van der Waals surface area contributed by atoms with Gasteiger partial charge < -0.3 is 20.1 Å². The normalized spacial score (nSPS) is 20.6. The molecule has 0 bridgehead atoms. The van der Waals surface area contributed by atoms with E-state index in [9.17, 15) is 9.59 Å². The molecular formula is C13H24N2O4S. The van der Waals surface area contributed by atoms with Gasteiger partial charge in [0.2, 0.25) is 5.91 Å². The van der Waals surface area contributed by atoms with Crippen molar-refractivity contribution in [1.82, 2.24) is 4.90 Å². The lowest BCUT2D eigenvalue weighted by Gasteiger charge is -2.35. The molecule has 0 radical (unpaired) electrons. The van der Waals surface area contributed by atoms with Crippen molar-refractivity contribution >= 4 is 23.6 Å². The van der Waals surface area contributed by atoms with Crippen molar-refractivity contribution in [2.75, 3.05) is 38.4 Å². The zero-order valence-corrected chi connectivity index (χ0v) is 13.0. The maximum Gasteiger partial charge on any atom is 0.329 e. The summed E-state index contributed by atoms with van der Waals surface area (Å²) in [5.41, 5.74) is 5.92. The molecular weight excluding hydrogens is 280 g/mol. The number of esters is 1. The van der Waals surface area contributed by atoms with Crippen LogP contribution in [-0.2, 0) is 19.1 Å². The van der Waals surface area contributed by atoms with Crippen LogP contribution in [0.25, 0.3) is 0 Å². The number of nitrogens with zero attached hydrogens (tertiary/aromatic N) is 1. The molecule has 2 atom stereocenters. The molecule has 20 heavy (non-hydrogen) atoms. The fourth-order valence-corrected chi connectivity index (χ4v) is 3.12. The SMILES string of the molecule is CCOC(=O)C1CSCCN1C(=O)C(N)CCCOC. The molecule has 7 heteroatoms. The fraction of sp³-hybridized carbons (Fsp3) is 0.846. The number of nitrogens with two attached hydrogens (primary N) is 1. The minimum Gasteiger partial charge on any atom is -0.464 e. The molecule has 1 fully saturated rings. The predicted molar refractivity (Wildman–Crippen MR) is 78.5 cm³/mol. The molecule has 2 N–H and O–H groups in total. The van der Waals surface area contributed by atoms with Crippen molar-refractivity contribution in [3.05, 3.63) is 0 Å². The Hall–Kier alpha value is -0.790. The molecule has 1 aliphatic heterocycles. The van der Waals surface area contributed by atoms with Gasteiger partial charge in [-0.15, -0.1) is 0 Å². The second kappa shape index (κ2) is 9.20. The molecule has 1 aliphatic rings. The zero-order valence-electron chi connectivity index (χ0n) is 12.2. The molecule has 1 rings (SSSR count). The maximum absolute atomic E-state index is 12.4. The van der Waals surface area contributed by atoms with Gasteiger partial charge in [-0.1, -0.05) is 0 Å². The molecule has 0 aromatic carbocycles. The van der Waals surface area contributed by atoms with Crippen LogP contribution < -0.4 is 5.73 Å². The van der Waals surface area contributed by atoms with Gasteiger partial charge in [0.25, 0.3) is 0 Å². The lowest BCUT2D eigenvalue weighted by Crippen LogP contribution is -2.55. The molecule has 116 valence electrons. The van der Waals surface area contributed by atoms with Crippen molar-refractivity contribution in [2.45, 2.75) is 31.8 Å². The summed E-state index contributed by atoms with van der Waals surface area (Å²) in [4.78, 5) is 25.8. The third-order valence-corrected chi connectivity index (χ3v) is 4.17. The van der Waals surface area contributed by atoms with E-state index in [1.54, 1.807) is 30.7 Å². The topological polar surface area (TPSA) is 81.9 Å². The van der Waals surface area contributed by atoms with Gasteiger partial charge in [0.1, 0.15) is 6.04 Å². The number of methoxy groups -OCH3 is 1. The lowest BCUT2D eigenvalue weighted by atomic mass is 10.1. The van der Waals surface area contributed by atoms with Gasteiger partial charge >= 0.3 is 5.97 Å². The van der Waals surface area contributed by atoms with Crippen LogP contribution in [-0.4, -0.2) is 67.2 Å². The molecule has 0 aromatic rings. The van der Waals surface area contributed by atoms with E-state index in [1.807, 2.05) is 0 Å². The molecule has 1 saturated heterocycles. The Bertz CT molecular complexity index is 327. The molecule has 2 unspecified atom stereocenters. The van der Waals surface area contributed by atoms with Gasteiger partial charge in [-0.05, 0) is 19.8 Å². The number of rotatable bonds is 7. The van der Waals surface area contributed by atoms with Crippen LogP contribution in [0.3, 0.4) is 0 Å². The van der Waals surface area contributed by atoms with Crippen LogP contribution in [0.2, 0.25) is 0 Å². The van der Waals surface area contributed by atoms with E-state index >= 15 is 0 Å². The van der Waals surface area contributed by atoms with Gasteiger partial charge in [0.05, 0.1) is 12.6 Å². The molecule has 1 amide bonds. The van der Waals surface area contributed by atoms with Crippen LogP contribution >= 0.6 is 11.8 Å². The van der Waals surface area contributed by atoms with Gasteiger partial charge in [0.15, 0.2) is 0 Å². The number of carbonyl (C=O) groups excluding carboxylic acids is 2. The Labute approximate surface area is 124 Å². The van der Waals surface area contributed by atoms with E-state index in [2.05, 4.69) is 0 Å². The quantitative estimate of drug-likeness (QED) is 0.536. The largest absolute Gasteiger partial charge is 0.464 e. The highest BCUT2D eigenvalue weighted by molar-refractivity contribution is 7.99. The van der Waals surface area contributed by atoms with E-state index in [1.165, 1.54) is 0 Å². The summed E-state index contributed by atoms with van der Waals surface area (Å²) < 4.78 is 9.98. The summed E-state index contributed by atoms with van der Waals surface area (Å²) in [6, 6.07) is -1.08. The molecule has 0 aromatic heterocycles. The van der Waals surface area contributed by atoms with Crippen LogP contribution in [0.1, 0.15) is 19.8 Å². The van der Waals surface area contributed by atoms with Crippen LogP contribution in [0.5, 0.6) is 0 Å². The Kier molecular flexibility index (Phi) is 7.94. The summed E-state index contributed by atoms with van der Waals surface area (Å²) in [7, 11) is 1.62. The third kappa shape index (κ3) is 4.96. The van der Waals surface area contributed by atoms with Crippen molar-refractivity contribution < 1.29 is 19.1 Å². The van der Waals surface area contributed by atoms with Crippen molar-refractivity contribution in [3.8, 4) is 0 Å². The summed E-state index contributed by atoms with van der Waals surface area (Å²) in [5, 5.41) is 0. The van der Waals surface area contributed by atoms with Crippen molar-refractivity contribution in [3.63, 3.8) is 0 Å².